The molecule has 0 fully saturated rings. The molecule has 8 heterocycles. The molecule has 0 saturated carbocycles. The highest BCUT2D eigenvalue weighted by Gasteiger charge is 2.20. The summed E-state index contributed by atoms with van der Waals surface area (Å²) in [6, 6.07) is 38.3. The minimum Gasteiger partial charge on any atom is -0.354 e. The van der Waals surface area contributed by atoms with Gasteiger partial charge in [0, 0.05) is 101 Å². The quantitative estimate of drug-likeness (QED) is 0.123. The zero-order chi connectivity index (χ0) is 36.8. The number of thiocarbonyl (C=S) groups is 1. The maximum Gasteiger partial charge on any atom is 0.176 e. The van der Waals surface area contributed by atoms with E-state index in [2.05, 4.69) is 199 Å². The van der Waals surface area contributed by atoms with E-state index in [1.54, 1.807) is 0 Å². The van der Waals surface area contributed by atoms with Crippen molar-refractivity contribution in [3.05, 3.63) is 213 Å². The van der Waals surface area contributed by atoms with Crippen molar-refractivity contribution >= 4 is 45.4 Å². The fourth-order valence-electron chi connectivity index (χ4n) is 7.53. The number of aromatic amines is 4. The maximum atomic E-state index is 4.89. The molecule has 0 aliphatic carbocycles. The molecule has 9 heteroatoms. The standard InChI is InChI=1S/C45H37N8S/c1-51-22-4-7-30(25-51)43-36-16-14-34(47-36)42(29-10-12-33(13-11-29)46-28-54)35-15-17-37(48-35)44(31-8-5-23-52(2)26-31)39-19-21-41(50-39)45(40-20-18-38(43)49-40)32-9-6-24-53(3)27-32/h4-27,47-50H,1-3H3/q+3. The fourth-order valence-corrected chi connectivity index (χ4v) is 7.64. The number of rotatable bonds is 5. The van der Waals surface area contributed by atoms with Gasteiger partial charge in [-0.1, -0.05) is 12.1 Å². The Morgan fingerprint density at radius 2 is 0.778 bits per heavy atom. The lowest BCUT2D eigenvalue weighted by atomic mass is 10.0. The van der Waals surface area contributed by atoms with Gasteiger partial charge >= 0.3 is 0 Å². The Bertz CT molecular complexity index is 3040. The molecule has 260 valence electrons. The summed E-state index contributed by atoms with van der Waals surface area (Å²) in [4.78, 5) is 19.6. The zero-order valence-corrected chi connectivity index (χ0v) is 30.9. The molecule has 54 heavy (non-hydrogen) atoms. The first kappa shape index (κ1) is 32.9. The summed E-state index contributed by atoms with van der Waals surface area (Å²) >= 11 is 4.89. The third-order valence-corrected chi connectivity index (χ3v) is 10.0. The highest BCUT2D eigenvalue weighted by atomic mass is 32.1. The zero-order valence-electron chi connectivity index (χ0n) is 30.1. The summed E-state index contributed by atoms with van der Waals surface area (Å²) in [6.07, 6.45) is 12.6. The molecule has 0 unspecified atom stereocenters. The van der Waals surface area contributed by atoms with Crippen molar-refractivity contribution in [3.8, 4) is 0 Å². The van der Waals surface area contributed by atoms with Gasteiger partial charge in [0.05, 0.1) is 10.8 Å². The Labute approximate surface area is 316 Å². The van der Waals surface area contributed by atoms with Gasteiger partial charge in [-0.3, -0.25) is 0 Å². The van der Waals surface area contributed by atoms with Gasteiger partial charge in [-0.2, -0.15) is 4.99 Å². The van der Waals surface area contributed by atoms with Gasteiger partial charge < -0.3 is 19.9 Å². The maximum absolute atomic E-state index is 4.89. The van der Waals surface area contributed by atoms with Crippen LogP contribution in [0.4, 0.5) is 5.69 Å². The molecule has 1 aromatic carbocycles. The molecule has 1 aliphatic rings. The van der Waals surface area contributed by atoms with Crippen LogP contribution < -0.4 is 35.1 Å². The van der Waals surface area contributed by atoms with E-state index in [4.69, 9.17) is 12.2 Å². The summed E-state index contributed by atoms with van der Waals surface area (Å²) in [5, 5.41) is 6.45. The van der Waals surface area contributed by atoms with E-state index in [1.165, 1.54) is 0 Å². The van der Waals surface area contributed by atoms with Crippen molar-refractivity contribution in [1.29, 1.82) is 0 Å². The molecule has 8 bridgehead atoms. The van der Waals surface area contributed by atoms with Crippen molar-refractivity contribution in [2.45, 2.75) is 0 Å². The van der Waals surface area contributed by atoms with Crippen LogP contribution in [0.5, 0.6) is 0 Å². The molecule has 0 spiro atoms. The predicted octanol–water partition coefficient (Wildman–Crippen LogP) is 3.51. The number of aryl methyl sites for hydroxylation is 3. The highest BCUT2D eigenvalue weighted by Crippen LogP contribution is 2.28. The van der Waals surface area contributed by atoms with Gasteiger partial charge in [-0.15, -0.1) is 0 Å². The molecule has 1 aliphatic heterocycles. The second-order valence-electron chi connectivity index (χ2n) is 13.7. The number of hydrogen-bond acceptors (Lipinski definition) is 2. The Morgan fingerprint density at radius 1 is 0.426 bits per heavy atom. The summed E-state index contributed by atoms with van der Waals surface area (Å²) < 4.78 is 6.26. The Morgan fingerprint density at radius 3 is 1.11 bits per heavy atom. The van der Waals surface area contributed by atoms with Gasteiger partial charge in [0.2, 0.25) is 0 Å². The van der Waals surface area contributed by atoms with Crippen molar-refractivity contribution in [2.24, 2.45) is 26.1 Å². The molecule has 9 rings (SSSR count). The molecule has 0 radical (unpaired) electrons. The lowest BCUT2D eigenvalue weighted by Gasteiger charge is -2.09. The number of nitrogens with zero attached hydrogens (tertiary/aromatic N) is 4. The van der Waals surface area contributed by atoms with Crippen LogP contribution in [0, 0.1) is 0 Å². The van der Waals surface area contributed by atoms with Crippen LogP contribution in [0.3, 0.4) is 0 Å². The normalized spacial score (nSPS) is 12.6. The number of hydrogen-bond donors (Lipinski definition) is 4. The first-order valence-corrected chi connectivity index (χ1v) is 18.1. The SMILES string of the molecule is C[n+]1cccc(C2=c3ccc([nH]3)=C(c3ccc(N=C=S)cc3)c3ccc([nH]3)C(c3ccc[n+](C)c3)=c3ccc([nH]3)=C(c3ccc[n+](C)c3)c3ccc2[nH]3)c1. The van der Waals surface area contributed by atoms with Crippen LogP contribution in [0.15, 0.2) is 151 Å². The number of H-pyrrole nitrogens is 4. The lowest BCUT2D eigenvalue weighted by Crippen LogP contribution is -2.28. The number of aliphatic imine (C=N–C) groups is 1. The van der Waals surface area contributed by atoms with E-state index >= 15 is 0 Å². The minimum atomic E-state index is 0.757. The Kier molecular flexibility index (Phi) is 8.27. The first-order valence-electron chi connectivity index (χ1n) is 17.7. The van der Waals surface area contributed by atoms with E-state index < -0.39 is 0 Å². The van der Waals surface area contributed by atoms with Gasteiger partial charge in [0.15, 0.2) is 37.2 Å². The molecule has 0 atom stereocenters. The Balaban J connectivity index is 1.43. The number of nitrogens with one attached hydrogen (secondary N) is 4. The largest absolute Gasteiger partial charge is 0.354 e. The highest BCUT2D eigenvalue weighted by molar-refractivity contribution is 7.78. The predicted molar refractivity (Wildman–Crippen MR) is 212 cm³/mol. The number of benzene rings is 1. The van der Waals surface area contributed by atoms with Crippen LogP contribution >= 0.6 is 12.2 Å². The smallest absolute Gasteiger partial charge is 0.176 e. The lowest BCUT2D eigenvalue weighted by molar-refractivity contribution is -0.671. The van der Waals surface area contributed by atoms with Crippen molar-refractivity contribution in [3.63, 3.8) is 0 Å². The molecule has 4 N–H and O–H groups in total. The number of aromatic nitrogens is 7. The monoisotopic (exact) mass is 721 g/mol. The third kappa shape index (κ3) is 6.07. The van der Waals surface area contributed by atoms with Crippen molar-refractivity contribution in [2.75, 3.05) is 0 Å². The topological polar surface area (TPSA) is 87.2 Å². The summed E-state index contributed by atoms with van der Waals surface area (Å²) in [5.41, 5.74) is 13.2. The summed E-state index contributed by atoms with van der Waals surface area (Å²) in [6.45, 7) is 0. The van der Waals surface area contributed by atoms with Crippen LogP contribution in [-0.2, 0) is 21.1 Å². The fraction of sp³-hybridized carbons (Fsp3) is 0.0667. The van der Waals surface area contributed by atoms with Gasteiger partial charge in [-0.25, -0.2) is 13.7 Å². The minimum absolute atomic E-state index is 0.757. The van der Waals surface area contributed by atoms with Gasteiger partial charge in [-0.05, 0) is 96.6 Å². The average molecular weight is 722 g/mol. The van der Waals surface area contributed by atoms with Crippen LogP contribution in [0.1, 0.15) is 45.0 Å². The number of isothiocyanates is 1. The van der Waals surface area contributed by atoms with E-state index in [0.717, 1.165) is 94.4 Å². The summed E-state index contributed by atoms with van der Waals surface area (Å²) in [7, 11) is 6.16. The third-order valence-electron chi connectivity index (χ3n) is 9.91. The van der Waals surface area contributed by atoms with Gasteiger partial charge in [0.1, 0.15) is 21.1 Å². The molecule has 0 saturated heterocycles. The van der Waals surface area contributed by atoms with Crippen LogP contribution in [0.2, 0.25) is 0 Å². The summed E-state index contributed by atoms with van der Waals surface area (Å²) in [5.74, 6) is 0. The molecule has 7 aromatic heterocycles. The van der Waals surface area contributed by atoms with Crippen LogP contribution in [0.25, 0.3) is 22.3 Å². The average Bonchev–Trinajstić information content (AvgIpc) is 4.00. The second kappa shape index (κ2) is 13.6. The second-order valence-corrected chi connectivity index (χ2v) is 13.8. The van der Waals surface area contributed by atoms with Crippen molar-refractivity contribution in [1.82, 2.24) is 19.9 Å². The molecular formula is C45H37N8S+3. The molecular weight excluding hydrogens is 685 g/mol. The molecule has 8 aromatic rings. The van der Waals surface area contributed by atoms with E-state index in [-0.39, 0.29) is 0 Å². The Hall–Kier alpha value is -6.93. The van der Waals surface area contributed by atoms with Crippen LogP contribution in [-0.4, -0.2) is 25.1 Å². The molecule has 8 nitrogen and oxygen atoms in total. The first-order chi connectivity index (χ1) is 26.4. The van der Waals surface area contributed by atoms with Crippen molar-refractivity contribution < 1.29 is 13.7 Å². The van der Waals surface area contributed by atoms with E-state index in [0.29, 0.717) is 0 Å². The van der Waals surface area contributed by atoms with E-state index in [9.17, 15) is 0 Å². The van der Waals surface area contributed by atoms with Gasteiger partial charge in [0.25, 0.3) is 0 Å². The number of pyridine rings is 3. The van der Waals surface area contributed by atoms with E-state index in [1.807, 2.05) is 12.1 Å². The number of fused-ring (bicyclic) bond motifs is 8. The molecule has 0 amide bonds.